The molecule has 6 nitrogen and oxygen atoms in total. The Morgan fingerprint density at radius 3 is 2.24 bits per heavy atom. The van der Waals surface area contributed by atoms with Crippen molar-refractivity contribution >= 4 is 11.8 Å². The molecule has 2 fully saturated rings. The molecule has 0 aliphatic carbocycles. The fraction of sp³-hybridized carbons (Fsp3) is 0.867. The van der Waals surface area contributed by atoms with Crippen LogP contribution < -0.4 is 5.32 Å². The van der Waals surface area contributed by atoms with Gasteiger partial charge in [0.15, 0.2) is 0 Å². The topological polar surface area (TPSA) is 55.9 Å². The van der Waals surface area contributed by atoms with Gasteiger partial charge in [0, 0.05) is 26.2 Å². The van der Waals surface area contributed by atoms with Crippen molar-refractivity contribution in [2.75, 3.05) is 52.4 Å². The van der Waals surface area contributed by atoms with E-state index in [0.29, 0.717) is 32.7 Å². The molecule has 0 bridgehead atoms. The van der Waals surface area contributed by atoms with Crippen LogP contribution in [0.3, 0.4) is 0 Å². The molecule has 1 N–H and O–H groups in total. The van der Waals surface area contributed by atoms with E-state index in [4.69, 9.17) is 0 Å². The Hall–Kier alpha value is -1.14. The van der Waals surface area contributed by atoms with Gasteiger partial charge in [-0.2, -0.15) is 0 Å². The highest BCUT2D eigenvalue weighted by molar-refractivity contribution is 5.83. The van der Waals surface area contributed by atoms with Gasteiger partial charge in [-0.05, 0) is 32.5 Å². The van der Waals surface area contributed by atoms with Crippen LogP contribution in [-0.2, 0) is 9.59 Å². The third-order valence-corrected chi connectivity index (χ3v) is 4.56. The number of carbonyl (C=O) groups excluding carboxylic acids is 2. The number of nitrogens with one attached hydrogen (secondary N) is 1. The first kappa shape index (κ1) is 16.2. The van der Waals surface area contributed by atoms with Crippen LogP contribution in [0.5, 0.6) is 0 Å². The van der Waals surface area contributed by atoms with E-state index in [2.05, 4.69) is 24.1 Å². The molecule has 0 aromatic heterocycles. The molecular weight excluding hydrogens is 268 g/mol. The molecule has 2 saturated heterocycles. The molecule has 2 amide bonds. The second-order valence-electron chi connectivity index (χ2n) is 5.82. The molecular formula is C15H28N4O2. The molecule has 120 valence electrons. The molecule has 21 heavy (non-hydrogen) atoms. The predicted octanol–water partition coefficient (Wildman–Crippen LogP) is -0.249. The molecule has 2 heterocycles. The molecule has 0 radical (unpaired) electrons. The predicted molar refractivity (Wildman–Crippen MR) is 82.0 cm³/mol. The van der Waals surface area contributed by atoms with Crippen LogP contribution in [0.4, 0.5) is 0 Å². The Morgan fingerprint density at radius 2 is 1.71 bits per heavy atom. The zero-order chi connectivity index (χ0) is 15.2. The van der Waals surface area contributed by atoms with E-state index in [1.807, 2.05) is 9.80 Å². The normalized spacial score (nSPS) is 22.9. The van der Waals surface area contributed by atoms with Crippen molar-refractivity contribution in [2.24, 2.45) is 0 Å². The number of carbonyl (C=O) groups is 2. The maximum absolute atomic E-state index is 12.3. The first-order valence-electron chi connectivity index (χ1n) is 8.18. The largest absolute Gasteiger partial charge is 0.338 e. The van der Waals surface area contributed by atoms with Crippen LogP contribution in [0.2, 0.25) is 0 Å². The molecule has 0 saturated carbocycles. The van der Waals surface area contributed by atoms with Crippen LogP contribution in [0.1, 0.15) is 26.7 Å². The van der Waals surface area contributed by atoms with Gasteiger partial charge in [-0.25, -0.2) is 0 Å². The summed E-state index contributed by atoms with van der Waals surface area (Å²) in [6.45, 7) is 10.0. The molecule has 2 aliphatic heterocycles. The molecule has 0 aromatic carbocycles. The van der Waals surface area contributed by atoms with Gasteiger partial charge in [-0.1, -0.05) is 13.8 Å². The van der Waals surface area contributed by atoms with Crippen molar-refractivity contribution in [3.05, 3.63) is 0 Å². The zero-order valence-corrected chi connectivity index (χ0v) is 13.3. The average Bonchev–Trinajstić information content (AvgIpc) is 3.06. The lowest BCUT2D eigenvalue weighted by Gasteiger charge is -2.36. The maximum atomic E-state index is 12.3. The highest BCUT2D eigenvalue weighted by Gasteiger charge is 2.30. The molecule has 1 atom stereocenters. The van der Waals surface area contributed by atoms with Gasteiger partial charge in [0.25, 0.3) is 0 Å². The first-order chi connectivity index (χ1) is 10.2. The smallest absolute Gasteiger partial charge is 0.239 e. The Balaban J connectivity index is 1.77. The second-order valence-corrected chi connectivity index (χ2v) is 5.82. The van der Waals surface area contributed by atoms with E-state index in [1.165, 1.54) is 0 Å². The lowest BCUT2D eigenvalue weighted by atomic mass is 10.2. The molecule has 0 spiro atoms. The van der Waals surface area contributed by atoms with Crippen LogP contribution in [0, 0.1) is 0 Å². The van der Waals surface area contributed by atoms with Crippen LogP contribution >= 0.6 is 0 Å². The third kappa shape index (κ3) is 4.17. The minimum absolute atomic E-state index is 0.00271. The van der Waals surface area contributed by atoms with Crippen molar-refractivity contribution in [1.82, 2.24) is 20.0 Å². The molecule has 0 unspecified atom stereocenters. The van der Waals surface area contributed by atoms with E-state index in [9.17, 15) is 9.59 Å². The van der Waals surface area contributed by atoms with E-state index in [1.54, 1.807) is 0 Å². The number of likely N-dealkylation sites (N-methyl/N-ethyl adjacent to an activating group) is 1. The third-order valence-electron chi connectivity index (χ3n) is 4.56. The molecule has 6 heteroatoms. The van der Waals surface area contributed by atoms with Gasteiger partial charge in [0.2, 0.25) is 11.8 Å². The molecule has 0 aromatic rings. The second kappa shape index (κ2) is 7.75. The summed E-state index contributed by atoms with van der Waals surface area (Å²) in [5, 5.41) is 3.25. The van der Waals surface area contributed by atoms with Crippen LogP contribution in [0.15, 0.2) is 0 Å². The first-order valence-corrected chi connectivity index (χ1v) is 8.18. The highest BCUT2D eigenvalue weighted by atomic mass is 16.2. The number of rotatable bonds is 5. The minimum Gasteiger partial charge on any atom is -0.338 e. The summed E-state index contributed by atoms with van der Waals surface area (Å²) >= 11 is 0. The summed E-state index contributed by atoms with van der Waals surface area (Å²) in [7, 11) is 0. The van der Waals surface area contributed by atoms with Crippen LogP contribution in [0.25, 0.3) is 0 Å². The van der Waals surface area contributed by atoms with Gasteiger partial charge in [-0.3, -0.25) is 14.5 Å². The monoisotopic (exact) mass is 296 g/mol. The minimum atomic E-state index is 0.00271. The van der Waals surface area contributed by atoms with Crippen LogP contribution in [-0.4, -0.2) is 84.9 Å². The van der Waals surface area contributed by atoms with Gasteiger partial charge in [-0.15, -0.1) is 0 Å². The summed E-state index contributed by atoms with van der Waals surface area (Å²) in [4.78, 5) is 30.5. The number of nitrogens with zero attached hydrogens (tertiary/aromatic N) is 3. The fourth-order valence-corrected chi connectivity index (χ4v) is 3.03. The summed E-state index contributed by atoms with van der Waals surface area (Å²) in [5.74, 6) is 0.396. The highest BCUT2D eigenvalue weighted by Crippen LogP contribution is 2.11. The summed E-state index contributed by atoms with van der Waals surface area (Å²) in [6.07, 6.45) is 2.03. The van der Waals surface area contributed by atoms with Crippen molar-refractivity contribution in [3.63, 3.8) is 0 Å². The SMILES string of the molecule is CCN(CC)CC(=O)N1CCN(C(=O)[C@@H]2CCCN2)CC1. The van der Waals surface area contributed by atoms with E-state index in [0.717, 1.165) is 32.5 Å². The summed E-state index contributed by atoms with van der Waals surface area (Å²) in [6, 6.07) is 0.00271. The summed E-state index contributed by atoms with van der Waals surface area (Å²) < 4.78 is 0. The number of piperazine rings is 1. The Kier molecular flexibility index (Phi) is 5.99. The van der Waals surface area contributed by atoms with Gasteiger partial charge >= 0.3 is 0 Å². The summed E-state index contributed by atoms with van der Waals surface area (Å²) in [5.41, 5.74) is 0. The molecule has 2 aliphatic rings. The molecule has 2 rings (SSSR count). The lowest BCUT2D eigenvalue weighted by molar-refractivity contribution is -0.141. The Morgan fingerprint density at radius 1 is 1.10 bits per heavy atom. The Bertz CT molecular complexity index is 357. The van der Waals surface area contributed by atoms with Gasteiger partial charge in [0.05, 0.1) is 12.6 Å². The zero-order valence-electron chi connectivity index (χ0n) is 13.3. The average molecular weight is 296 g/mol. The number of amides is 2. The van der Waals surface area contributed by atoms with E-state index >= 15 is 0 Å². The van der Waals surface area contributed by atoms with E-state index in [-0.39, 0.29) is 17.9 Å². The standard InChI is InChI=1S/C15H28N4O2/c1-3-17(4-2)12-14(20)18-8-10-19(11-9-18)15(21)13-6-5-7-16-13/h13,16H,3-12H2,1-2H3/t13-/m0/s1. The number of hydrogen-bond donors (Lipinski definition) is 1. The van der Waals surface area contributed by atoms with Crippen molar-refractivity contribution in [1.29, 1.82) is 0 Å². The fourth-order valence-electron chi connectivity index (χ4n) is 3.03. The van der Waals surface area contributed by atoms with E-state index < -0.39 is 0 Å². The van der Waals surface area contributed by atoms with Gasteiger partial charge < -0.3 is 15.1 Å². The number of hydrogen-bond acceptors (Lipinski definition) is 4. The van der Waals surface area contributed by atoms with Crippen molar-refractivity contribution < 1.29 is 9.59 Å². The quantitative estimate of drug-likeness (QED) is 0.760. The van der Waals surface area contributed by atoms with Gasteiger partial charge in [0.1, 0.15) is 0 Å². The lowest BCUT2D eigenvalue weighted by Crippen LogP contribution is -2.55. The Labute approximate surface area is 127 Å². The maximum Gasteiger partial charge on any atom is 0.239 e. The van der Waals surface area contributed by atoms with Crippen molar-refractivity contribution in [3.8, 4) is 0 Å². The van der Waals surface area contributed by atoms with Crippen molar-refractivity contribution in [2.45, 2.75) is 32.7 Å².